The number of esters is 2. The predicted molar refractivity (Wildman–Crippen MR) is 93.1 cm³/mol. The highest BCUT2D eigenvalue weighted by Gasteiger charge is 2.34. The van der Waals surface area contributed by atoms with Crippen LogP contribution in [-0.2, 0) is 20.4 Å². The van der Waals surface area contributed by atoms with Crippen molar-refractivity contribution >= 4 is 35.1 Å². The third-order valence-electron chi connectivity index (χ3n) is 3.44. The second-order valence-electron chi connectivity index (χ2n) is 5.38. The summed E-state index contributed by atoms with van der Waals surface area (Å²) in [6, 6.07) is 8.07. The van der Waals surface area contributed by atoms with Crippen molar-refractivity contribution in [3.8, 4) is 0 Å². The number of ether oxygens (including phenoxy) is 2. The van der Waals surface area contributed by atoms with Crippen LogP contribution in [0.25, 0.3) is 0 Å². The average Bonchev–Trinajstić information content (AvgIpc) is 2.66. The molecule has 2 aromatic carbocycles. The lowest BCUT2D eigenvalue weighted by Crippen LogP contribution is -2.22. The standard InChI is InChI=1S/C18H13ClF3NO5/c1-27-16(25)10-2-4-11(5-3-10)17(26)28-9-15(24)23-14-7-6-12(19)8-13(14)18(20,21)22/h2-8H,9H2,1H3,(H,23,24). The molecule has 10 heteroatoms. The van der Waals surface area contributed by atoms with Crippen LogP contribution < -0.4 is 5.32 Å². The maximum absolute atomic E-state index is 13.0. The first-order valence-electron chi connectivity index (χ1n) is 7.64. The second kappa shape index (κ2) is 8.75. The minimum absolute atomic E-state index is 0.0444. The van der Waals surface area contributed by atoms with Crippen molar-refractivity contribution in [1.82, 2.24) is 0 Å². The van der Waals surface area contributed by atoms with Gasteiger partial charge in [0.2, 0.25) is 0 Å². The highest BCUT2D eigenvalue weighted by Crippen LogP contribution is 2.36. The quantitative estimate of drug-likeness (QED) is 0.748. The van der Waals surface area contributed by atoms with E-state index in [4.69, 9.17) is 16.3 Å². The molecule has 0 aromatic heterocycles. The van der Waals surface area contributed by atoms with Crippen molar-refractivity contribution in [2.75, 3.05) is 19.0 Å². The topological polar surface area (TPSA) is 81.7 Å². The summed E-state index contributed by atoms with van der Waals surface area (Å²) in [4.78, 5) is 35.1. The first-order valence-corrected chi connectivity index (χ1v) is 8.01. The highest BCUT2D eigenvalue weighted by molar-refractivity contribution is 6.30. The van der Waals surface area contributed by atoms with Crippen LogP contribution in [0.15, 0.2) is 42.5 Å². The molecular formula is C18H13ClF3NO5. The highest BCUT2D eigenvalue weighted by atomic mass is 35.5. The van der Waals surface area contributed by atoms with Crippen LogP contribution in [0.3, 0.4) is 0 Å². The number of hydrogen-bond acceptors (Lipinski definition) is 5. The van der Waals surface area contributed by atoms with Crippen molar-refractivity contribution in [3.05, 3.63) is 64.2 Å². The first-order chi connectivity index (χ1) is 13.1. The number of anilines is 1. The molecule has 1 amide bonds. The normalized spacial score (nSPS) is 10.9. The molecule has 148 valence electrons. The lowest BCUT2D eigenvalue weighted by molar-refractivity contribution is -0.137. The number of alkyl halides is 3. The van der Waals surface area contributed by atoms with Crippen molar-refractivity contribution in [1.29, 1.82) is 0 Å². The Morgan fingerprint density at radius 1 is 1.00 bits per heavy atom. The lowest BCUT2D eigenvalue weighted by Gasteiger charge is -2.14. The molecule has 0 fully saturated rings. The average molecular weight is 416 g/mol. The van der Waals surface area contributed by atoms with Gasteiger partial charge in [0.05, 0.1) is 29.5 Å². The SMILES string of the molecule is COC(=O)c1ccc(C(=O)OCC(=O)Nc2ccc(Cl)cc2C(F)(F)F)cc1. The Morgan fingerprint density at radius 2 is 1.57 bits per heavy atom. The van der Waals surface area contributed by atoms with Crippen LogP contribution in [0.2, 0.25) is 5.02 Å². The molecule has 6 nitrogen and oxygen atoms in total. The molecule has 0 saturated heterocycles. The van der Waals surface area contributed by atoms with Gasteiger partial charge in [-0.25, -0.2) is 9.59 Å². The van der Waals surface area contributed by atoms with E-state index in [0.29, 0.717) is 6.07 Å². The molecule has 0 aliphatic rings. The number of amides is 1. The van der Waals surface area contributed by atoms with Crippen LogP contribution in [-0.4, -0.2) is 31.6 Å². The van der Waals surface area contributed by atoms with Gasteiger partial charge in [0.25, 0.3) is 5.91 Å². The molecule has 2 aromatic rings. The van der Waals surface area contributed by atoms with E-state index < -0.39 is 41.9 Å². The number of carbonyl (C=O) groups is 3. The number of carbonyl (C=O) groups excluding carboxylic acids is 3. The maximum atomic E-state index is 13.0. The molecular weight excluding hydrogens is 403 g/mol. The molecule has 1 N–H and O–H groups in total. The molecule has 0 atom stereocenters. The molecule has 0 saturated carbocycles. The van der Waals surface area contributed by atoms with Crippen molar-refractivity contribution in [2.24, 2.45) is 0 Å². The van der Waals surface area contributed by atoms with Crippen molar-refractivity contribution < 1.29 is 37.0 Å². The van der Waals surface area contributed by atoms with Crippen LogP contribution in [0.1, 0.15) is 26.3 Å². The number of benzene rings is 2. The lowest BCUT2D eigenvalue weighted by atomic mass is 10.1. The van der Waals surface area contributed by atoms with E-state index in [-0.39, 0.29) is 16.1 Å². The third kappa shape index (κ3) is 5.46. The molecule has 0 aliphatic heterocycles. The Hall–Kier alpha value is -3.07. The number of methoxy groups -OCH3 is 1. The number of halogens is 4. The van der Waals surface area contributed by atoms with E-state index in [0.717, 1.165) is 6.07 Å². The van der Waals surface area contributed by atoms with Gasteiger partial charge in [0, 0.05) is 5.02 Å². The molecule has 0 unspecified atom stereocenters. The van der Waals surface area contributed by atoms with Crippen LogP contribution in [0, 0.1) is 0 Å². The Balaban J connectivity index is 1.99. The largest absolute Gasteiger partial charge is 0.465 e. The Morgan fingerprint density at radius 3 is 2.11 bits per heavy atom. The van der Waals surface area contributed by atoms with Gasteiger partial charge >= 0.3 is 18.1 Å². The van der Waals surface area contributed by atoms with Gasteiger partial charge < -0.3 is 14.8 Å². The van der Waals surface area contributed by atoms with Crippen LogP contribution in [0.5, 0.6) is 0 Å². The summed E-state index contributed by atoms with van der Waals surface area (Å²) in [7, 11) is 1.20. The summed E-state index contributed by atoms with van der Waals surface area (Å²) in [5.41, 5.74) is -1.39. The maximum Gasteiger partial charge on any atom is 0.418 e. The summed E-state index contributed by atoms with van der Waals surface area (Å²) >= 11 is 5.56. The predicted octanol–water partition coefficient (Wildman–Crippen LogP) is 3.94. The summed E-state index contributed by atoms with van der Waals surface area (Å²) in [6.07, 6.45) is -4.73. The van der Waals surface area contributed by atoms with Crippen molar-refractivity contribution in [3.63, 3.8) is 0 Å². The number of rotatable bonds is 5. The van der Waals surface area contributed by atoms with E-state index in [9.17, 15) is 27.6 Å². The summed E-state index contributed by atoms with van der Waals surface area (Å²) < 4.78 is 48.3. The summed E-state index contributed by atoms with van der Waals surface area (Å²) in [5, 5.41) is 1.88. The molecule has 0 aliphatic carbocycles. The molecule has 0 spiro atoms. The van der Waals surface area contributed by atoms with Crippen molar-refractivity contribution in [2.45, 2.75) is 6.18 Å². The first kappa shape index (κ1) is 21.2. The Bertz CT molecular complexity index is 897. The second-order valence-corrected chi connectivity index (χ2v) is 5.82. The molecule has 0 bridgehead atoms. The van der Waals surface area contributed by atoms with E-state index in [1.54, 1.807) is 0 Å². The van der Waals surface area contributed by atoms with Gasteiger partial charge in [-0.05, 0) is 42.5 Å². The fraction of sp³-hybridized carbons (Fsp3) is 0.167. The molecule has 0 radical (unpaired) electrons. The van der Waals surface area contributed by atoms with E-state index in [2.05, 4.69) is 4.74 Å². The van der Waals surface area contributed by atoms with Gasteiger partial charge in [-0.3, -0.25) is 4.79 Å². The Labute approximate surface area is 162 Å². The van der Waals surface area contributed by atoms with E-state index >= 15 is 0 Å². The minimum Gasteiger partial charge on any atom is -0.465 e. The molecule has 2 rings (SSSR count). The van der Waals surface area contributed by atoms with E-state index in [1.165, 1.54) is 37.4 Å². The summed E-state index contributed by atoms with van der Waals surface area (Å²) in [5.74, 6) is -2.45. The monoisotopic (exact) mass is 415 g/mol. The molecule has 0 heterocycles. The number of nitrogens with one attached hydrogen (secondary N) is 1. The summed E-state index contributed by atoms with van der Waals surface area (Å²) in [6.45, 7) is -0.808. The molecule has 28 heavy (non-hydrogen) atoms. The third-order valence-corrected chi connectivity index (χ3v) is 3.67. The van der Waals surface area contributed by atoms with E-state index in [1.807, 2.05) is 5.32 Å². The fourth-order valence-electron chi connectivity index (χ4n) is 2.12. The van der Waals surface area contributed by atoms with Gasteiger partial charge in [-0.15, -0.1) is 0 Å². The number of hydrogen-bond donors (Lipinski definition) is 1. The zero-order chi connectivity index (χ0) is 20.9. The zero-order valence-electron chi connectivity index (χ0n) is 14.3. The van der Waals surface area contributed by atoms with Gasteiger partial charge in [0.1, 0.15) is 0 Å². The van der Waals surface area contributed by atoms with Gasteiger partial charge in [-0.2, -0.15) is 13.2 Å². The smallest absolute Gasteiger partial charge is 0.418 e. The van der Waals surface area contributed by atoms with Gasteiger partial charge in [0.15, 0.2) is 6.61 Å². The zero-order valence-corrected chi connectivity index (χ0v) is 15.1. The van der Waals surface area contributed by atoms with Crippen LogP contribution >= 0.6 is 11.6 Å². The Kier molecular flexibility index (Phi) is 6.63. The van der Waals surface area contributed by atoms with Crippen LogP contribution in [0.4, 0.5) is 18.9 Å². The van der Waals surface area contributed by atoms with Gasteiger partial charge in [-0.1, -0.05) is 11.6 Å². The fourth-order valence-corrected chi connectivity index (χ4v) is 2.29. The minimum atomic E-state index is -4.73.